The second kappa shape index (κ2) is 8.23. The second-order valence-electron chi connectivity index (χ2n) is 7.87. The van der Waals surface area contributed by atoms with Gasteiger partial charge in [0.15, 0.2) is 0 Å². The minimum Gasteiger partial charge on any atom is -0.361 e. The molecule has 0 spiro atoms. The van der Waals surface area contributed by atoms with Gasteiger partial charge in [0.1, 0.15) is 0 Å². The topological polar surface area (TPSA) is 60.2 Å². The van der Waals surface area contributed by atoms with Crippen molar-refractivity contribution >= 4 is 16.8 Å². The summed E-state index contributed by atoms with van der Waals surface area (Å²) in [5.41, 5.74) is 2.43. The number of rotatable bonds is 6. The van der Waals surface area contributed by atoms with Crippen LogP contribution in [0.3, 0.4) is 0 Å². The van der Waals surface area contributed by atoms with Crippen molar-refractivity contribution < 1.29 is 4.79 Å². The molecule has 2 aliphatic rings. The van der Waals surface area contributed by atoms with Crippen LogP contribution in [0.15, 0.2) is 30.5 Å². The molecule has 1 aromatic carbocycles. The highest BCUT2D eigenvalue weighted by molar-refractivity contribution is 5.83. The van der Waals surface area contributed by atoms with Crippen molar-refractivity contribution in [2.45, 2.75) is 25.7 Å². The van der Waals surface area contributed by atoms with Gasteiger partial charge in [-0.1, -0.05) is 18.2 Å². The first kappa shape index (κ1) is 17.6. The minimum absolute atomic E-state index is 0.110. The Bertz CT molecular complexity index is 734. The monoisotopic (exact) mass is 354 g/mol. The molecule has 0 bridgehead atoms. The summed E-state index contributed by atoms with van der Waals surface area (Å²) in [5.74, 6) is 0.925. The maximum Gasteiger partial charge on any atom is 0.224 e. The molecule has 0 unspecified atom stereocenters. The molecule has 2 atom stereocenters. The van der Waals surface area contributed by atoms with E-state index in [0.717, 1.165) is 38.0 Å². The zero-order valence-electron chi connectivity index (χ0n) is 15.5. The van der Waals surface area contributed by atoms with E-state index >= 15 is 0 Å². The predicted octanol–water partition coefficient (Wildman–Crippen LogP) is 2.15. The molecule has 2 aliphatic heterocycles. The van der Waals surface area contributed by atoms with Gasteiger partial charge in [-0.3, -0.25) is 4.79 Å². The summed E-state index contributed by atoms with van der Waals surface area (Å²) < 4.78 is 0. The number of hydrogen-bond donors (Lipinski definition) is 3. The lowest BCUT2D eigenvalue weighted by molar-refractivity contribution is -0.126. The molecule has 1 aromatic heterocycles. The maximum absolute atomic E-state index is 12.6. The van der Waals surface area contributed by atoms with E-state index in [-0.39, 0.29) is 11.8 Å². The first-order valence-electron chi connectivity index (χ1n) is 10.1. The molecule has 0 radical (unpaired) electrons. The Balaban J connectivity index is 1.25. The fraction of sp³-hybridized carbons (Fsp3) is 0.571. The molecule has 4 rings (SSSR count). The Morgan fingerprint density at radius 3 is 2.92 bits per heavy atom. The SMILES string of the molecule is O=C(NCCc1c[nH]c2ccccc12)[C@H]1CNC[C@@H](CN2CCCC2)C1. The third-order valence-electron chi connectivity index (χ3n) is 5.90. The highest BCUT2D eigenvalue weighted by Crippen LogP contribution is 2.21. The van der Waals surface area contributed by atoms with Gasteiger partial charge in [-0.25, -0.2) is 0 Å². The van der Waals surface area contributed by atoms with Gasteiger partial charge < -0.3 is 20.5 Å². The summed E-state index contributed by atoms with van der Waals surface area (Å²) in [6.45, 7) is 6.18. The van der Waals surface area contributed by atoms with E-state index in [1.165, 1.54) is 36.9 Å². The third kappa shape index (κ3) is 4.10. The number of benzene rings is 1. The van der Waals surface area contributed by atoms with Gasteiger partial charge in [0.05, 0.1) is 5.92 Å². The van der Waals surface area contributed by atoms with Crippen LogP contribution in [0.2, 0.25) is 0 Å². The Kier molecular flexibility index (Phi) is 5.56. The molecule has 0 saturated carbocycles. The van der Waals surface area contributed by atoms with Gasteiger partial charge in [0, 0.05) is 36.7 Å². The molecule has 2 saturated heterocycles. The van der Waals surface area contributed by atoms with Crippen LogP contribution in [-0.4, -0.2) is 55.1 Å². The fourth-order valence-electron chi connectivity index (χ4n) is 4.50. The number of carbonyl (C=O) groups is 1. The predicted molar refractivity (Wildman–Crippen MR) is 105 cm³/mol. The minimum atomic E-state index is 0.110. The number of likely N-dealkylation sites (tertiary alicyclic amines) is 1. The van der Waals surface area contributed by atoms with E-state index in [9.17, 15) is 4.79 Å². The van der Waals surface area contributed by atoms with Gasteiger partial charge in [-0.2, -0.15) is 0 Å². The van der Waals surface area contributed by atoms with Gasteiger partial charge in [-0.05, 0) is 62.9 Å². The number of piperidine rings is 1. The third-order valence-corrected chi connectivity index (χ3v) is 5.90. The zero-order valence-corrected chi connectivity index (χ0v) is 15.5. The number of aromatic amines is 1. The summed E-state index contributed by atoms with van der Waals surface area (Å²) in [7, 11) is 0. The maximum atomic E-state index is 12.6. The van der Waals surface area contributed by atoms with Crippen LogP contribution in [-0.2, 0) is 11.2 Å². The number of H-pyrrole nitrogens is 1. The van der Waals surface area contributed by atoms with E-state index < -0.39 is 0 Å². The van der Waals surface area contributed by atoms with Gasteiger partial charge in [0.25, 0.3) is 0 Å². The molecule has 0 aliphatic carbocycles. The van der Waals surface area contributed by atoms with Crippen LogP contribution in [0.25, 0.3) is 10.9 Å². The average Bonchev–Trinajstić information content (AvgIpc) is 3.32. The lowest BCUT2D eigenvalue weighted by atomic mass is 9.89. The van der Waals surface area contributed by atoms with E-state index in [4.69, 9.17) is 0 Å². The number of hydrogen-bond acceptors (Lipinski definition) is 3. The van der Waals surface area contributed by atoms with Crippen molar-refractivity contribution in [3.63, 3.8) is 0 Å². The lowest BCUT2D eigenvalue weighted by Crippen LogP contribution is -2.46. The zero-order chi connectivity index (χ0) is 17.8. The number of carbonyl (C=O) groups excluding carboxylic acids is 1. The van der Waals surface area contributed by atoms with Gasteiger partial charge in [0.2, 0.25) is 5.91 Å². The van der Waals surface area contributed by atoms with Crippen molar-refractivity contribution in [3.8, 4) is 0 Å². The quantitative estimate of drug-likeness (QED) is 0.745. The molecule has 26 heavy (non-hydrogen) atoms. The normalized spacial score (nSPS) is 24.2. The number of para-hydroxylation sites is 1. The van der Waals surface area contributed by atoms with Crippen LogP contribution >= 0.6 is 0 Å². The standard InChI is InChI=1S/C21H30N4O/c26-21(18-11-16(12-22-13-18)15-25-9-3-4-10-25)23-8-7-17-14-24-20-6-2-1-5-19(17)20/h1-2,5-6,14,16,18,22,24H,3-4,7-13,15H2,(H,23,26)/t16-,18+/m0/s1. The first-order valence-corrected chi connectivity index (χ1v) is 10.1. The Labute approximate surface area is 155 Å². The number of nitrogens with one attached hydrogen (secondary N) is 3. The Morgan fingerprint density at radius 1 is 1.19 bits per heavy atom. The first-order chi connectivity index (χ1) is 12.8. The van der Waals surface area contributed by atoms with E-state index in [2.05, 4.69) is 44.9 Å². The van der Waals surface area contributed by atoms with Crippen LogP contribution in [0.1, 0.15) is 24.8 Å². The summed E-state index contributed by atoms with van der Waals surface area (Å²) in [6.07, 6.45) is 6.61. The fourth-order valence-corrected chi connectivity index (χ4v) is 4.50. The summed E-state index contributed by atoms with van der Waals surface area (Å²) >= 11 is 0. The van der Waals surface area contributed by atoms with Crippen molar-refractivity contribution in [3.05, 3.63) is 36.0 Å². The van der Waals surface area contributed by atoms with Gasteiger partial charge in [-0.15, -0.1) is 0 Å². The van der Waals surface area contributed by atoms with Crippen LogP contribution < -0.4 is 10.6 Å². The molecule has 140 valence electrons. The molecule has 5 nitrogen and oxygen atoms in total. The van der Waals surface area contributed by atoms with Crippen molar-refractivity contribution in [2.75, 3.05) is 39.3 Å². The highest BCUT2D eigenvalue weighted by atomic mass is 16.1. The molecular formula is C21H30N4O. The molecule has 2 fully saturated rings. The molecule has 5 heteroatoms. The van der Waals surface area contributed by atoms with Crippen LogP contribution in [0, 0.1) is 11.8 Å². The highest BCUT2D eigenvalue weighted by Gasteiger charge is 2.28. The summed E-state index contributed by atoms with van der Waals surface area (Å²) in [5, 5.41) is 7.89. The van der Waals surface area contributed by atoms with Crippen molar-refractivity contribution in [2.24, 2.45) is 11.8 Å². The summed E-state index contributed by atoms with van der Waals surface area (Å²) in [6, 6.07) is 8.33. The molecule has 3 N–H and O–H groups in total. The number of fused-ring (bicyclic) bond motifs is 1. The molecule has 1 amide bonds. The van der Waals surface area contributed by atoms with E-state index in [1.54, 1.807) is 0 Å². The van der Waals surface area contributed by atoms with Gasteiger partial charge >= 0.3 is 0 Å². The number of aromatic nitrogens is 1. The molecule has 2 aromatic rings. The molecular weight excluding hydrogens is 324 g/mol. The largest absolute Gasteiger partial charge is 0.361 e. The Hall–Kier alpha value is -1.85. The van der Waals surface area contributed by atoms with Crippen LogP contribution in [0.5, 0.6) is 0 Å². The van der Waals surface area contributed by atoms with Crippen LogP contribution in [0.4, 0.5) is 0 Å². The van der Waals surface area contributed by atoms with Crippen molar-refractivity contribution in [1.29, 1.82) is 0 Å². The van der Waals surface area contributed by atoms with E-state index in [0.29, 0.717) is 12.5 Å². The number of nitrogens with zero attached hydrogens (tertiary/aromatic N) is 1. The molecule has 3 heterocycles. The smallest absolute Gasteiger partial charge is 0.224 e. The Morgan fingerprint density at radius 2 is 2.04 bits per heavy atom. The average molecular weight is 354 g/mol. The van der Waals surface area contributed by atoms with Crippen molar-refractivity contribution in [1.82, 2.24) is 20.5 Å². The second-order valence-corrected chi connectivity index (χ2v) is 7.87. The number of amides is 1. The lowest BCUT2D eigenvalue weighted by Gasteiger charge is -2.31. The van der Waals surface area contributed by atoms with E-state index in [1.807, 2.05) is 6.07 Å². The summed E-state index contributed by atoms with van der Waals surface area (Å²) in [4.78, 5) is 18.5.